The third-order valence-corrected chi connectivity index (χ3v) is 4.69. The third kappa shape index (κ3) is 4.16. The maximum atomic E-state index is 13.6. The van der Waals surface area contributed by atoms with Crippen molar-refractivity contribution in [2.75, 3.05) is 18.5 Å². The summed E-state index contributed by atoms with van der Waals surface area (Å²) in [5.74, 6) is -4.06. The fraction of sp³-hybridized carbons (Fsp3) is 0.333. The molecule has 1 aromatic carbocycles. The van der Waals surface area contributed by atoms with Gasteiger partial charge in [0.25, 0.3) is 5.91 Å². The highest BCUT2D eigenvalue weighted by Gasteiger charge is 2.47. The second kappa shape index (κ2) is 7.87. The van der Waals surface area contributed by atoms with Gasteiger partial charge < -0.3 is 10.1 Å². The normalized spacial score (nSPS) is 21.2. The van der Waals surface area contributed by atoms with E-state index < -0.39 is 54.5 Å². The molecule has 0 radical (unpaired) electrons. The van der Waals surface area contributed by atoms with Crippen molar-refractivity contribution in [3.05, 3.63) is 41.2 Å². The Balaban J connectivity index is 1.51. The van der Waals surface area contributed by atoms with Crippen LogP contribution in [0.2, 0.25) is 5.02 Å². The molecule has 142 valence electrons. The molecule has 3 amide bonds. The molecular weight excluding hydrogens is 379 g/mol. The van der Waals surface area contributed by atoms with Gasteiger partial charge in [-0.1, -0.05) is 23.8 Å². The van der Waals surface area contributed by atoms with Gasteiger partial charge in [-0.3, -0.25) is 24.1 Å². The molecule has 1 fully saturated rings. The first-order valence-electron chi connectivity index (χ1n) is 8.27. The number of amides is 3. The van der Waals surface area contributed by atoms with Gasteiger partial charge in [0.15, 0.2) is 6.61 Å². The minimum absolute atomic E-state index is 0.148. The summed E-state index contributed by atoms with van der Waals surface area (Å²) < 4.78 is 18.4. The van der Waals surface area contributed by atoms with Crippen LogP contribution in [0.25, 0.3) is 0 Å². The van der Waals surface area contributed by atoms with Crippen molar-refractivity contribution in [1.29, 1.82) is 0 Å². The largest absolute Gasteiger partial charge is 0.454 e. The van der Waals surface area contributed by atoms with Crippen LogP contribution in [-0.4, -0.2) is 41.7 Å². The lowest BCUT2D eigenvalue weighted by atomic mass is 9.85. The molecular formula is C18H16ClFN2O5. The van der Waals surface area contributed by atoms with Crippen LogP contribution in [0, 0.1) is 17.7 Å². The molecule has 1 aliphatic carbocycles. The molecule has 0 bridgehead atoms. The monoisotopic (exact) mass is 394 g/mol. The number of likely N-dealkylation sites (tertiary alicyclic amines) is 1. The minimum Gasteiger partial charge on any atom is -0.454 e. The number of imide groups is 1. The zero-order valence-electron chi connectivity index (χ0n) is 14.1. The summed E-state index contributed by atoms with van der Waals surface area (Å²) in [4.78, 5) is 49.1. The Hall–Kier alpha value is -2.74. The lowest BCUT2D eigenvalue weighted by molar-refractivity contribution is -0.154. The number of allylic oxidation sites excluding steroid dienone is 2. The number of carbonyl (C=O) groups excluding carboxylic acids is 4. The predicted molar refractivity (Wildman–Crippen MR) is 93.1 cm³/mol. The van der Waals surface area contributed by atoms with Crippen LogP contribution in [0.4, 0.5) is 10.1 Å². The van der Waals surface area contributed by atoms with E-state index in [1.165, 1.54) is 12.1 Å². The lowest BCUT2D eigenvalue weighted by Gasteiger charge is -2.14. The molecule has 2 atom stereocenters. The smallest absolute Gasteiger partial charge is 0.326 e. The number of hydrogen-bond acceptors (Lipinski definition) is 5. The van der Waals surface area contributed by atoms with E-state index in [0.29, 0.717) is 12.8 Å². The Morgan fingerprint density at radius 3 is 2.44 bits per heavy atom. The van der Waals surface area contributed by atoms with Gasteiger partial charge in [-0.2, -0.15) is 0 Å². The van der Waals surface area contributed by atoms with E-state index >= 15 is 0 Å². The summed E-state index contributed by atoms with van der Waals surface area (Å²) in [6.07, 6.45) is 4.61. The maximum absolute atomic E-state index is 13.6. The van der Waals surface area contributed by atoms with Gasteiger partial charge in [0.2, 0.25) is 11.8 Å². The molecule has 1 N–H and O–H groups in total. The van der Waals surface area contributed by atoms with Crippen molar-refractivity contribution in [1.82, 2.24) is 4.90 Å². The van der Waals surface area contributed by atoms with Crippen LogP contribution in [0.15, 0.2) is 30.4 Å². The van der Waals surface area contributed by atoms with Gasteiger partial charge in [-0.05, 0) is 31.0 Å². The number of nitrogens with one attached hydrogen (secondary N) is 1. The molecule has 1 heterocycles. The summed E-state index contributed by atoms with van der Waals surface area (Å²) >= 11 is 5.72. The first-order valence-corrected chi connectivity index (χ1v) is 8.65. The van der Waals surface area contributed by atoms with E-state index in [4.69, 9.17) is 16.3 Å². The first-order chi connectivity index (χ1) is 12.9. The fourth-order valence-corrected chi connectivity index (χ4v) is 3.30. The van der Waals surface area contributed by atoms with E-state index in [2.05, 4.69) is 5.32 Å². The van der Waals surface area contributed by atoms with Crippen LogP contribution in [0.5, 0.6) is 0 Å². The summed E-state index contributed by atoms with van der Waals surface area (Å²) in [6.45, 7) is -1.24. The van der Waals surface area contributed by atoms with E-state index in [9.17, 15) is 23.6 Å². The molecule has 0 unspecified atom stereocenters. The molecule has 0 aromatic heterocycles. The summed E-state index contributed by atoms with van der Waals surface area (Å²) in [5, 5.41) is 2.45. The van der Waals surface area contributed by atoms with Gasteiger partial charge in [-0.15, -0.1) is 0 Å². The highest BCUT2D eigenvalue weighted by molar-refractivity contribution is 6.30. The van der Waals surface area contributed by atoms with E-state index in [0.717, 1.165) is 11.0 Å². The van der Waals surface area contributed by atoms with Crippen molar-refractivity contribution < 1.29 is 28.3 Å². The quantitative estimate of drug-likeness (QED) is 0.468. The van der Waals surface area contributed by atoms with Gasteiger partial charge in [0.05, 0.1) is 17.5 Å². The molecule has 0 saturated carbocycles. The number of esters is 1. The topological polar surface area (TPSA) is 92.8 Å². The van der Waals surface area contributed by atoms with Crippen molar-refractivity contribution in [3.8, 4) is 0 Å². The molecule has 1 saturated heterocycles. The average molecular weight is 395 g/mol. The molecule has 7 nitrogen and oxygen atoms in total. The number of benzene rings is 1. The van der Waals surface area contributed by atoms with Crippen molar-refractivity contribution in [3.63, 3.8) is 0 Å². The first kappa shape index (κ1) is 19.0. The van der Waals surface area contributed by atoms with Gasteiger partial charge in [0, 0.05) is 5.02 Å². The zero-order valence-corrected chi connectivity index (χ0v) is 14.9. The van der Waals surface area contributed by atoms with E-state index in [1.807, 2.05) is 12.2 Å². The van der Waals surface area contributed by atoms with Gasteiger partial charge in [0.1, 0.15) is 12.4 Å². The highest BCUT2D eigenvalue weighted by atomic mass is 35.5. The molecule has 1 aliphatic heterocycles. The number of anilines is 1. The van der Waals surface area contributed by atoms with Crippen molar-refractivity contribution in [2.45, 2.75) is 12.8 Å². The predicted octanol–water partition coefficient (Wildman–Crippen LogP) is 1.91. The molecule has 0 spiro atoms. The Morgan fingerprint density at radius 2 is 1.81 bits per heavy atom. The molecule has 2 aliphatic rings. The zero-order chi connectivity index (χ0) is 19.6. The number of rotatable bonds is 5. The van der Waals surface area contributed by atoms with Gasteiger partial charge >= 0.3 is 5.97 Å². The van der Waals surface area contributed by atoms with Crippen LogP contribution in [0.1, 0.15) is 12.8 Å². The van der Waals surface area contributed by atoms with Crippen LogP contribution < -0.4 is 5.32 Å². The lowest BCUT2D eigenvalue weighted by Crippen LogP contribution is -2.37. The summed E-state index contributed by atoms with van der Waals surface area (Å²) in [7, 11) is 0. The third-order valence-electron chi connectivity index (χ3n) is 4.45. The fourth-order valence-electron chi connectivity index (χ4n) is 3.13. The van der Waals surface area contributed by atoms with Gasteiger partial charge in [-0.25, -0.2) is 4.39 Å². The highest BCUT2D eigenvalue weighted by Crippen LogP contribution is 2.34. The van der Waals surface area contributed by atoms with Crippen molar-refractivity contribution >= 4 is 41.0 Å². The van der Waals surface area contributed by atoms with E-state index in [-0.39, 0.29) is 10.7 Å². The second-order valence-electron chi connectivity index (χ2n) is 6.25. The van der Waals surface area contributed by atoms with Crippen LogP contribution in [-0.2, 0) is 23.9 Å². The standard InChI is InChI=1S/C18H16ClFN2O5/c19-10-5-6-13(20)14(7-10)21-15(23)9-27-16(24)8-22-17(25)11-3-1-2-4-12(11)18(22)26/h1-2,5-7,11-12H,3-4,8-9H2,(H,21,23)/t11-,12-/m0/s1. The SMILES string of the molecule is O=C(COC(=O)CN1C(=O)[C@H]2CC=CC[C@@H]2C1=O)Nc1cc(Cl)ccc1F. The number of hydrogen-bond donors (Lipinski definition) is 1. The molecule has 3 rings (SSSR count). The average Bonchev–Trinajstić information content (AvgIpc) is 2.88. The van der Waals surface area contributed by atoms with E-state index in [1.54, 1.807) is 0 Å². The second-order valence-corrected chi connectivity index (χ2v) is 6.69. The Bertz CT molecular complexity index is 815. The molecule has 1 aromatic rings. The van der Waals surface area contributed by atoms with Crippen LogP contribution >= 0.6 is 11.6 Å². The maximum Gasteiger partial charge on any atom is 0.326 e. The summed E-state index contributed by atoms with van der Waals surface area (Å²) in [5.41, 5.74) is -0.148. The number of carbonyl (C=O) groups is 4. The number of fused-ring (bicyclic) bond motifs is 1. The number of halogens is 2. The Morgan fingerprint density at radius 1 is 1.19 bits per heavy atom. The molecule has 27 heavy (non-hydrogen) atoms. The Labute approximate surface area is 159 Å². The number of nitrogens with zero attached hydrogens (tertiary/aromatic N) is 1. The molecule has 9 heteroatoms. The minimum atomic E-state index is -0.898. The Kier molecular flexibility index (Phi) is 5.55. The van der Waals surface area contributed by atoms with Crippen LogP contribution in [0.3, 0.4) is 0 Å². The summed E-state index contributed by atoms with van der Waals surface area (Å²) in [6, 6.07) is 3.63. The van der Waals surface area contributed by atoms with Crippen molar-refractivity contribution in [2.24, 2.45) is 11.8 Å². The number of ether oxygens (including phenoxy) is 1.